The summed E-state index contributed by atoms with van der Waals surface area (Å²) in [6.07, 6.45) is 8.04. The minimum atomic E-state index is -0.333. The third kappa shape index (κ3) is 8.09. The smallest absolute Gasteiger partial charge is 0.0159 e. The van der Waals surface area contributed by atoms with Crippen LogP contribution in [0.5, 0.6) is 0 Å². The van der Waals surface area contributed by atoms with Gasteiger partial charge in [0.15, 0.2) is 0 Å². The van der Waals surface area contributed by atoms with Gasteiger partial charge in [-0.1, -0.05) is 257 Å². The predicted octanol–water partition coefficient (Wildman–Crippen LogP) is 23.2. The van der Waals surface area contributed by atoms with Crippen LogP contribution in [-0.2, 0) is 27.1 Å². The largest absolute Gasteiger partial charge is 0.0839 e. The van der Waals surface area contributed by atoms with Gasteiger partial charge in [-0.25, -0.2) is 0 Å². The van der Waals surface area contributed by atoms with E-state index in [9.17, 15) is 0 Å². The molecule has 0 aliphatic heterocycles. The van der Waals surface area contributed by atoms with Crippen LogP contribution in [0.2, 0.25) is 0 Å². The predicted molar refractivity (Wildman–Crippen MR) is 369 cm³/mol. The molecule has 0 aromatic heterocycles. The van der Waals surface area contributed by atoms with Gasteiger partial charge in [0.25, 0.3) is 0 Å². The SMILES string of the molecule is CC(C)(c1cccc(-c2cc(-c3ccc4c(c3)C(C)(C)c3ccccc3-4)cc(-c3ccc4c(c3)C(C)(C)c3ccccc3-4)c2)c1)c1cccc(-c2cc(-c3ccc4c(c3)C(C)(C)c3ccccc3-4)cc(-c3ccc4c(c3)C(C)(C)C3CC=CC=C43)c2)c1. The molecule has 0 amide bonds. The summed E-state index contributed by atoms with van der Waals surface area (Å²) in [5, 5.41) is 0. The summed E-state index contributed by atoms with van der Waals surface area (Å²) in [5.41, 5.74) is 37.5. The lowest BCUT2D eigenvalue weighted by Crippen LogP contribution is -2.23. The van der Waals surface area contributed by atoms with Crippen LogP contribution in [0.4, 0.5) is 0 Å². The fourth-order valence-electron chi connectivity index (χ4n) is 16.5. The van der Waals surface area contributed by atoms with Crippen LogP contribution in [0.3, 0.4) is 0 Å². The van der Waals surface area contributed by atoms with Crippen LogP contribution in [0.15, 0.2) is 249 Å². The average Bonchev–Trinajstić information content (AvgIpc) is 1.68. The molecule has 1 atom stereocenters. The van der Waals surface area contributed by atoms with Gasteiger partial charge in [-0.15, -0.1) is 0 Å². The van der Waals surface area contributed by atoms with Crippen LogP contribution in [0.1, 0.15) is 131 Å². The first kappa shape index (κ1) is 53.4. The van der Waals surface area contributed by atoms with Crippen molar-refractivity contribution in [2.45, 2.75) is 103 Å². The summed E-state index contributed by atoms with van der Waals surface area (Å²) in [5.74, 6) is 0.493. The summed E-state index contributed by atoms with van der Waals surface area (Å²) in [7, 11) is 0. The first-order valence-corrected chi connectivity index (χ1v) is 31.6. The van der Waals surface area contributed by atoms with E-state index in [0.717, 1.165) is 6.42 Å². The average molecular weight is 1120 g/mol. The molecule has 0 heterocycles. The maximum atomic E-state index is 2.52. The van der Waals surface area contributed by atoms with E-state index in [4.69, 9.17) is 0 Å². The third-order valence-corrected chi connectivity index (χ3v) is 21.8. The summed E-state index contributed by atoms with van der Waals surface area (Å²) >= 11 is 0. The summed E-state index contributed by atoms with van der Waals surface area (Å²) < 4.78 is 0. The van der Waals surface area contributed by atoms with Crippen molar-refractivity contribution in [2.75, 3.05) is 0 Å². The Balaban J connectivity index is 0.799. The van der Waals surface area contributed by atoms with E-state index in [2.05, 4.69) is 318 Å². The molecule has 87 heavy (non-hydrogen) atoms. The highest BCUT2D eigenvalue weighted by atomic mass is 14.5. The normalized spacial score (nSPS) is 17.1. The monoisotopic (exact) mass is 1120 g/mol. The summed E-state index contributed by atoms with van der Waals surface area (Å²) in [6, 6.07) is 89.3. The van der Waals surface area contributed by atoms with Crippen molar-refractivity contribution in [2.24, 2.45) is 5.92 Å². The van der Waals surface area contributed by atoms with Gasteiger partial charge in [-0.3, -0.25) is 0 Å². The Bertz CT molecular complexity index is 4680. The zero-order valence-corrected chi connectivity index (χ0v) is 52.0. The highest BCUT2D eigenvalue weighted by Crippen LogP contribution is 2.56. The van der Waals surface area contributed by atoms with Crippen molar-refractivity contribution in [1.29, 1.82) is 0 Å². The quantitative estimate of drug-likeness (QED) is 0.142. The van der Waals surface area contributed by atoms with Gasteiger partial charge in [0.2, 0.25) is 0 Å². The van der Waals surface area contributed by atoms with Crippen molar-refractivity contribution < 1.29 is 0 Å². The molecule has 0 saturated heterocycles. The molecule has 0 bridgehead atoms. The Morgan fingerprint density at radius 3 is 0.989 bits per heavy atom. The zero-order chi connectivity index (χ0) is 59.5. The van der Waals surface area contributed by atoms with E-state index >= 15 is 0 Å². The molecule has 0 spiro atoms. The molecule has 16 rings (SSSR count). The minimum absolute atomic E-state index is 0.0333. The first-order chi connectivity index (χ1) is 41.8. The number of hydrogen-bond acceptors (Lipinski definition) is 0. The highest BCUT2D eigenvalue weighted by Gasteiger charge is 2.43. The van der Waals surface area contributed by atoms with Crippen molar-refractivity contribution in [3.05, 3.63) is 304 Å². The fourth-order valence-corrected chi connectivity index (χ4v) is 16.5. The number of hydrogen-bond donors (Lipinski definition) is 0. The molecule has 1 unspecified atom stereocenters. The molecule has 5 aliphatic carbocycles. The Hall–Kier alpha value is -9.10. The van der Waals surface area contributed by atoms with Crippen molar-refractivity contribution in [3.63, 3.8) is 0 Å². The molecule has 5 aliphatic rings. The van der Waals surface area contributed by atoms with E-state index < -0.39 is 0 Å². The van der Waals surface area contributed by atoms with Gasteiger partial charge in [-0.2, -0.15) is 0 Å². The van der Waals surface area contributed by atoms with Crippen molar-refractivity contribution in [1.82, 2.24) is 0 Å². The van der Waals surface area contributed by atoms with Gasteiger partial charge in [0.1, 0.15) is 0 Å². The molecule has 0 heteroatoms. The molecule has 0 N–H and O–H groups in total. The van der Waals surface area contributed by atoms with Crippen LogP contribution < -0.4 is 0 Å². The Morgan fingerprint density at radius 1 is 0.287 bits per heavy atom. The second kappa shape index (κ2) is 18.9. The van der Waals surface area contributed by atoms with Crippen LogP contribution in [-0.4, -0.2) is 0 Å². The molecule has 422 valence electrons. The highest BCUT2D eigenvalue weighted by molar-refractivity contribution is 5.91. The van der Waals surface area contributed by atoms with E-state index in [-0.39, 0.29) is 27.1 Å². The summed E-state index contributed by atoms with van der Waals surface area (Å²) in [6.45, 7) is 24.0. The maximum absolute atomic E-state index is 2.52. The minimum Gasteiger partial charge on any atom is -0.0839 e. The molecule has 0 nitrogen and oxygen atoms in total. The molecule has 0 saturated carbocycles. The molecular weight excluding hydrogens is 1040 g/mol. The second-order valence-electron chi connectivity index (χ2n) is 28.5. The number of rotatable bonds is 8. The Kier molecular flexibility index (Phi) is 11.6. The lowest BCUT2D eigenvalue weighted by atomic mass is 9.74. The Labute approximate surface area is 515 Å². The fraction of sp³-hybridized carbons (Fsp3) is 0.195. The van der Waals surface area contributed by atoms with Gasteiger partial charge in [-0.05, 0) is 240 Å². The van der Waals surface area contributed by atoms with E-state index in [1.54, 1.807) is 0 Å². The molecule has 11 aromatic rings. The van der Waals surface area contributed by atoms with E-state index in [1.165, 1.54) is 161 Å². The first-order valence-electron chi connectivity index (χ1n) is 31.6. The van der Waals surface area contributed by atoms with Crippen LogP contribution >= 0.6 is 0 Å². The second-order valence-corrected chi connectivity index (χ2v) is 28.5. The Morgan fingerprint density at radius 2 is 0.609 bits per heavy atom. The van der Waals surface area contributed by atoms with Crippen molar-refractivity contribution in [3.8, 4) is 100 Å². The van der Waals surface area contributed by atoms with Crippen LogP contribution in [0, 0.1) is 5.92 Å². The lowest BCUT2D eigenvalue weighted by molar-refractivity contribution is 0.415. The maximum Gasteiger partial charge on any atom is 0.0159 e. The standard InChI is InChI=1S/C87H74/c1-83(2,65-23-19-21-53(47-65)59-41-61(55-33-37-71-67-25-11-15-29-75(67)84(3,4)79(71)49-55)45-62(42-59)56-34-38-72-68-26-12-16-30-76(68)85(5,6)80(72)50-56)66-24-20-22-54(48-66)60-43-63(57-35-39-73-69-27-13-17-31-77(69)86(7,8)81(73)51-57)46-64(44-60)58-36-40-74-70-28-14-18-32-78(70)87(9,10)82(74)52-58/h11-31,33-52,78H,32H2,1-10H3. The lowest BCUT2D eigenvalue weighted by Gasteiger charge is -2.29. The summed E-state index contributed by atoms with van der Waals surface area (Å²) in [4.78, 5) is 0. The molecule has 11 aromatic carbocycles. The van der Waals surface area contributed by atoms with Gasteiger partial charge >= 0.3 is 0 Å². The molecule has 0 radical (unpaired) electrons. The van der Waals surface area contributed by atoms with Crippen LogP contribution in [0.25, 0.3) is 106 Å². The molecular formula is C87H74. The van der Waals surface area contributed by atoms with Crippen molar-refractivity contribution >= 4 is 5.57 Å². The van der Waals surface area contributed by atoms with E-state index in [1.807, 2.05) is 0 Å². The third-order valence-electron chi connectivity index (χ3n) is 21.8. The van der Waals surface area contributed by atoms with Gasteiger partial charge < -0.3 is 0 Å². The number of benzene rings is 11. The number of fused-ring (bicyclic) bond motifs is 12. The molecule has 0 fully saturated rings. The zero-order valence-electron chi connectivity index (χ0n) is 52.0. The van der Waals surface area contributed by atoms with E-state index in [0.29, 0.717) is 5.92 Å². The number of allylic oxidation sites excluding steroid dienone is 4. The van der Waals surface area contributed by atoms with Gasteiger partial charge in [0, 0.05) is 21.7 Å². The van der Waals surface area contributed by atoms with Gasteiger partial charge in [0.05, 0.1) is 0 Å². The topological polar surface area (TPSA) is 0 Å².